The summed E-state index contributed by atoms with van der Waals surface area (Å²) in [5.41, 5.74) is -0.968. The van der Waals surface area contributed by atoms with Crippen molar-refractivity contribution in [1.82, 2.24) is 0 Å². The molecule has 1 aliphatic carbocycles. The lowest BCUT2D eigenvalue weighted by atomic mass is 10.1. The first-order valence-electron chi connectivity index (χ1n) is 5.86. The fourth-order valence-electron chi connectivity index (χ4n) is 1.66. The molecule has 0 heterocycles. The second kappa shape index (κ2) is 5.22. The number of carbonyl (C=O) groups is 2. The van der Waals surface area contributed by atoms with Crippen LogP contribution in [0.25, 0.3) is 0 Å². The smallest absolute Gasteiger partial charge is 0.315 e. The molecule has 0 unspecified atom stereocenters. The van der Waals surface area contributed by atoms with Crippen molar-refractivity contribution in [3.63, 3.8) is 0 Å². The summed E-state index contributed by atoms with van der Waals surface area (Å²) in [7, 11) is 0. The molecule has 0 spiro atoms. The number of halogens is 3. The average molecular weight is 320 g/mol. The van der Waals surface area contributed by atoms with Gasteiger partial charge >= 0.3 is 5.97 Å². The van der Waals surface area contributed by atoms with Crippen molar-refractivity contribution in [3.05, 3.63) is 30.1 Å². The number of ether oxygens (including phenoxy) is 1. The largest absolute Gasteiger partial charge is 0.455 e. The molecule has 0 aliphatic heterocycles. The predicted octanol–water partition coefficient (Wildman–Crippen LogP) is 2.89. The van der Waals surface area contributed by atoms with Gasteiger partial charge < -0.3 is 10.1 Å². The number of hydrogen-bond donors (Lipinski definition) is 1. The quantitative estimate of drug-likeness (QED) is 0.685. The van der Waals surface area contributed by atoms with E-state index in [1.807, 2.05) is 0 Å². The molecule has 1 aromatic rings. The molecule has 1 fully saturated rings. The molecule has 7 heteroatoms. The monoisotopic (exact) mass is 319 g/mol. The Balaban J connectivity index is 1.85. The first-order chi connectivity index (χ1) is 9.26. The van der Waals surface area contributed by atoms with Gasteiger partial charge in [0.2, 0.25) is 0 Å². The number of anilines is 1. The highest BCUT2D eigenvalue weighted by molar-refractivity contribution is 6.53. The van der Waals surface area contributed by atoms with Crippen LogP contribution in [-0.2, 0) is 14.3 Å². The third-order valence-corrected chi connectivity index (χ3v) is 4.29. The molecule has 1 amide bonds. The van der Waals surface area contributed by atoms with Gasteiger partial charge in [0.15, 0.2) is 6.61 Å². The van der Waals surface area contributed by atoms with Crippen LogP contribution in [0.15, 0.2) is 24.3 Å². The number of hydrogen-bond acceptors (Lipinski definition) is 3. The van der Waals surface area contributed by atoms with Crippen LogP contribution < -0.4 is 5.32 Å². The summed E-state index contributed by atoms with van der Waals surface area (Å²) in [5, 5.41) is 2.30. The van der Waals surface area contributed by atoms with Gasteiger partial charge in [0.1, 0.15) is 15.6 Å². The molecule has 108 valence electrons. The van der Waals surface area contributed by atoms with Crippen LogP contribution in [0, 0.1) is 11.2 Å². The van der Waals surface area contributed by atoms with E-state index in [0.717, 1.165) is 0 Å². The Morgan fingerprint density at radius 3 is 2.55 bits per heavy atom. The zero-order valence-electron chi connectivity index (χ0n) is 10.6. The molecule has 1 N–H and O–H groups in total. The predicted molar refractivity (Wildman–Crippen MR) is 73.1 cm³/mol. The normalized spacial score (nSPS) is 23.0. The summed E-state index contributed by atoms with van der Waals surface area (Å²) in [5.74, 6) is -1.85. The van der Waals surface area contributed by atoms with Gasteiger partial charge in [-0.15, -0.1) is 23.2 Å². The third kappa shape index (κ3) is 2.88. The molecule has 2 rings (SSSR count). The maximum absolute atomic E-state index is 13.3. The van der Waals surface area contributed by atoms with Gasteiger partial charge in [0.05, 0.1) is 5.69 Å². The molecule has 0 aromatic heterocycles. The van der Waals surface area contributed by atoms with Gasteiger partial charge in [0.25, 0.3) is 5.91 Å². The second-order valence-electron chi connectivity index (χ2n) is 4.82. The van der Waals surface area contributed by atoms with Gasteiger partial charge in [-0.3, -0.25) is 9.59 Å². The van der Waals surface area contributed by atoms with Crippen LogP contribution in [0.5, 0.6) is 0 Å². The SMILES string of the molecule is C[C@@]1(C(=O)OCC(=O)Nc2ccccc2F)CC1(Cl)Cl. The Kier molecular flexibility index (Phi) is 3.93. The van der Waals surface area contributed by atoms with E-state index in [1.54, 1.807) is 13.0 Å². The molecular formula is C13H12Cl2FNO3. The van der Waals surface area contributed by atoms with Crippen molar-refractivity contribution in [2.45, 2.75) is 17.7 Å². The summed E-state index contributed by atoms with van der Waals surface area (Å²) >= 11 is 11.6. The standard InChI is InChI=1S/C13H12Cl2FNO3/c1-12(7-13(12,14)15)11(19)20-6-10(18)17-9-5-3-2-4-8(9)16/h2-5H,6-7H2,1H3,(H,17,18)/t12-/m0/s1. The van der Waals surface area contributed by atoms with Crippen LogP contribution in [0.1, 0.15) is 13.3 Å². The molecule has 0 saturated heterocycles. The van der Waals surface area contributed by atoms with E-state index in [9.17, 15) is 14.0 Å². The number of alkyl halides is 2. The van der Waals surface area contributed by atoms with Crippen LogP contribution in [0.4, 0.5) is 10.1 Å². The fourth-order valence-corrected chi connectivity index (χ4v) is 2.35. The van der Waals surface area contributed by atoms with Crippen LogP contribution in [0.3, 0.4) is 0 Å². The molecule has 0 radical (unpaired) electrons. The zero-order chi connectivity index (χ0) is 15.0. The zero-order valence-corrected chi connectivity index (χ0v) is 12.1. The van der Waals surface area contributed by atoms with E-state index in [0.29, 0.717) is 0 Å². The third-order valence-electron chi connectivity index (χ3n) is 3.19. The number of nitrogens with one attached hydrogen (secondary N) is 1. The lowest BCUT2D eigenvalue weighted by Crippen LogP contribution is -2.27. The van der Waals surface area contributed by atoms with Crippen molar-refractivity contribution in [2.75, 3.05) is 11.9 Å². The lowest BCUT2D eigenvalue weighted by Gasteiger charge is -2.12. The fraction of sp³-hybridized carbons (Fsp3) is 0.385. The van der Waals surface area contributed by atoms with Gasteiger partial charge in [-0.25, -0.2) is 4.39 Å². The molecular weight excluding hydrogens is 308 g/mol. The first-order valence-corrected chi connectivity index (χ1v) is 6.61. The molecule has 1 atom stereocenters. The Bertz CT molecular complexity index is 564. The van der Waals surface area contributed by atoms with E-state index >= 15 is 0 Å². The van der Waals surface area contributed by atoms with Crippen molar-refractivity contribution in [2.24, 2.45) is 5.41 Å². The van der Waals surface area contributed by atoms with Crippen molar-refractivity contribution in [1.29, 1.82) is 0 Å². The minimum Gasteiger partial charge on any atom is -0.455 e. The topological polar surface area (TPSA) is 55.4 Å². The molecule has 1 aromatic carbocycles. The summed E-state index contributed by atoms with van der Waals surface area (Å²) in [6.45, 7) is 1.04. The van der Waals surface area contributed by atoms with Gasteiger partial charge in [-0.05, 0) is 19.1 Å². The number of para-hydroxylation sites is 1. The van der Waals surface area contributed by atoms with Crippen LogP contribution in [-0.4, -0.2) is 22.8 Å². The Morgan fingerprint density at radius 1 is 1.40 bits per heavy atom. The summed E-state index contributed by atoms with van der Waals surface area (Å²) in [4.78, 5) is 23.3. The highest BCUT2D eigenvalue weighted by Crippen LogP contribution is 2.64. The second-order valence-corrected chi connectivity index (χ2v) is 6.30. The number of carbonyl (C=O) groups excluding carboxylic acids is 2. The average Bonchev–Trinajstić information content (AvgIpc) is 2.90. The minimum atomic E-state index is -1.15. The van der Waals surface area contributed by atoms with Gasteiger partial charge in [0, 0.05) is 6.42 Å². The van der Waals surface area contributed by atoms with E-state index in [2.05, 4.69) is 5.32 Å². The number of rotatable bonds is 4. The highest BCUT2D eigenvalue weighted by atomic mass is 35.5. The first kappa shape index (κ1) is 15.1. The number of benzene rings is 1. The Morgan fingerprint density at radius 2 is 2.00 bits per heavy atom. The van der Waals surface area contributed by atoms with Gasteiger partial charge in [-0.1, -0.05) is 12.1 Å². The number of esters is 1. The molecule has 1 aliphatic rings. The minimum absolute atomic E-state index is 0.0233. The maximum Gasteiger partial charge on any atom is 0.315 e. The van der Waals surface area contributed by atoms with Crippen LogP contribution >= 0.6 is 23.2 Å². The summed E-state index contributed by atoms with van der Waals surface area (Å²) in [6.07, 6.45) is 0.275. The van der Waals surface area contributed by atoms with E-state index in [1.165, 1.54) is 18.2 Å². The highest BCUT2D eigenvalue weighted by Gasteiger charge is 2.69. The van der Waals surface area contributed by atoms with E-state index in [4.69, 9.17) is 27.9 Å². The van der Waals surface area contributed by atoms with Gasteiger partial charge in [-0.2, -0.15) is 0 Å². The number of amides is 1. The Labute approximate surface area is 125 Å². The molecule has 4 nitrogen and oxygen atoms in total. The van der Waals surface area contributed by atoms with Crippen molar-refractivity contribution in [3.8, 4) is 0 Å². The summed E-state index contributed by atoms with van der Waals surface area (Å²) < 4.78 is 17.0. The lowest BCUT2D eigenvalue weighted by molar-refractivity contribution is -0.152. The Hall–Kier alpha value is -1.33. The van der Waals surface area contributed by atoms with Crippen molar-refractivity contribution < 1.29 is 18.7 Å². The maximum atomic E-state index is 13.3. The molecule has 20 heavy (non-hydrogen) atoms. The van der Waals surface area contributed by atoms with Crippen molar-refractivity contribution >= 4 is 40.8 Å². The summed E-state index contributed by atoms with van der Waals surface area (Å²) in [6, 6.07) is 5.69. The molecule has 1 saturated carbocycles. The van der Waals surface area contributed by atoms with Crippen LogP contribution in [0.2, 0.25) is 0 Å². The molecule has 0 bridgehead atoms. The van der Waals surface area contributed by atoms with E-state index < -0.39 is 34.0 Å². The van der Waals surface area contributed by atoms with E-state index in [-0.39, 0.29) is 12.1 Å².